The van der Waals surface area contributed by atoms with E-state index < -0.39 is 0 Å². The molecule has 0 aliphatic rings. The molecule has 2 N–H and O–H groups in total. The summed E-state index contributed by atoms with van der Waals surface area (Å²) in [6.07, 6.45) is 5.46. The Labute approximate surface area is 134 Å². The van der Waals surface area contributed by atoms with Gasteiger partial charge in [-0.2, -0.15) is 0 Å². The summed E-state index contributed by atoms with van der Waals surface area (Å²) in [6, 6.07) is -0.0401. The summed E-state index contributed by atoms with van der Waals surface area (Å²) in [5.41, 5.74) is 1.99. The number of nitrogens with one attached hydrogen (secondary N) is 2. The number of urea groups is 1. The number of aromatic nitrogens is 1. The van der Waals surface area contributed by atoms with Gasteiger partial charge in [-0.25, -0.2) is 4.79 Å². The predicted octanol–water partition coefficient (Wildman–Crippen LogP) is 3.74. The molecule has 0 saturated carbocycles. The highest BCUT2D eigenvalue weighted by molar-refractivity contribution is 5.74. The van der Waals surface area contributed by atoms with Crippen LogP contribution in [0, 0.1) is 19.8 Å². The summed E-state index contributed by atoms with van der Waals surface area (Å²) in [7, 11) is 0. The van der Waals surface area contributed by atoms with Gasteiger partial charge >= 0.3 is 6.03 Å². The molecule has 0 aliphatic heterocycles. The zero-order chi connectivity index (χ0) is 16.5. The molecule has 2 amide bonds. The number of unbranched alkanes of at least 4 members (excludes halogenated alkanes) is 1. The van der Waals surface area contributed by atoms with Crippen LogP contribution in [0.3, 0.4) is 0 Å². The van der Waals surface area contributed by atoms with Crippen molar-refractivity contribution in [3.8, 4) is 0 Å². The van der Waals surface area contributed by atoms with Crippen LogP contribution in [0.2, 0.25) is 0 Å². The fourth-order valence-corrected chi connectivity index (χ4v) is 2.61. The minimum Gasteiger partial charge on any atom is -0.361 e. The Kier molecular flexibility index (Phi) is 7.99. The van der Waals surface area contributed by atoms with Crippen molar-refractivity contribution in [1.82, 2.24) is 15.8 Å². The first-order chi connectivity index (χ1) is 10.5. The largest absolute Gasteiger partial charge is 0.361 e. The monoisotopic (exact) mass is 309 g/mol. The summed E-state index contributed by atoms with van der Waals surface area (Å²) >= 11 is 0. The van der Waals surface area contributed by atoms with E-state index in [-0.39, 0.29) is 12.1 Å². The molecule has 0 fully saturated rings. The van der Waals surface area contributed by atoms with Crippen LogP contribution in [0.1, 0.15) is 63.5 Å². The average molecular weight is 309 g/mol. The average Bonchev–Trinajstić information content (AvgIpc) is 2.79. The van der Waals surface area contributed by atoms with E-state index >= 15 is 0 Å². The van der Waals surface area contributed by atoms with Crippen LogP contribution in [-0.2, 0) is 6.42 Å². The van der Waals surface area contributed by atoms with Crippen LogP contribution >= 0.6 is 0 Å². The van der Waals surface area contributed by atoms with Crippen molar-refractivity contribution in [3.05, 3.63) is 17.0 Å². The molecule has 5 heteroatoms. The van der Waals surface area contributed by atoms with Crippen LogP contribution in [0.15, 0.2) is 4.52 Å². The number of rotatable bonds is 9. The molecular weight excluding hydrogens is 278 g/mol. The summed E-state index contributed by atoms with van der Waals surface area (Å²) in [5, 5.41) is 9.93. The van der Waals surface area contributed by atoms with E-state index in [0.717, 1.165) is 36.4 Å². The molecule has 0 aromatic carbocycles. The maximum Gasteiger partial charge on any atom is 0.315 e. The minimum atomic E-state index is -0.0887. The summed E-state index contributed by atoms with van der Waals surface area (Å²) in [6.45, 7) is 11.0. The Morgan fingerprint density at radius 2 is 2.05 bits per heavy atom. The second-order valence-electron chi connectivity index (χ2n) is 6.18. The van der Waals surface area contributed by atoms with Gasteiger partial charge in [-0.1, -0.05) is 38.3 Å². The number of carbonyl (C=O) groups excluding carboxylic acids is 1. The summed E-state index contributed by atoms with van der Waals surface area (Å²) < 4.78 is 5.15. The van der Waals surface area contributed by atoms with Gasteiger partial charge in [-0.3, -0.25) is 0 Å². The number of hydrogen-bond donors (Lipinski definition) is 2. The highest BCUT2D eigenvalue weighted by atomic mass is 16.5. The molecule has 0 saturated heterocycles. The quantitative estimate of drug-likeness (QED) is 0.730. The number of aryl methyl sites for hydroxylation is 2. The third-order valence-electron chi connectivity index (χ3n) is 4.16. The molecule has 126 valence electrons. The Bertz CT molecular complexity index is 437. The van der Waals surface area contributed by atoms with Gasteiger partial charge in [-0.05, 0) is 39.5 Å². The van der Waals surface area contributed by atoms with E-state index in [1.807, 2.05) is 20.8 Å². The van der Waals surface area contributed by atoms with E-state index in [4.69, 9.17) is 4.52 Å². The predicted molar refractivity (Wildman–Crippen MR) is 89.0 cm³/mol. The second-order valence-corrected chi connectivity index (χ2v) is 6.18. The summed E-state index contributed by atoms with van der Waals surface area (Å²) in [4.78, 5) is 12.0. The van der Waals surface area contributed by atoms with Crippen molar-refractivity contribution in [2.75, 3.05) is 6.54 Å². The maximum atomic E-state index is 12.0. The maximum absolute atomic E-state index is 12.0. The highest BCUT2D eigenvalue weighted by Gasteiger charge is 2.15. The van der Waals surface area contributed by atoms with Gasteiger partial charge in [0.15, 0.2) is 0 Å². The van der Waals surface area contributed by atoms with Gasteiger partial charge in [0, 0.05) is 18.2 Å². The molecular formula is C17H31N3O2. The zero-order valence-electron chi connectivity index (χ0n) is 14.7. The molecule has 2 unspecified atom stereocenters. The lowest BCUT2D eigenvalue weighted by Gasteiger charge is -2.18. The molecule has 1 aromatic rings. The van der Waals surface area contributed by atoms with E-state index in [0.29, 0.717) is 5.92 Å². The first kappa shape index (κ1) is 18.5. The molecule has 22 heavy (non-hydrogen) atoms. The highest BCUT2D eigenvalue weighted by Crippen LogP contribution is 2.14. The first-order valence-corrected chi connectivity index (χ1v) is 8.43. The standard InChI is InChI=1S/C17H31N3O2/c1-6-8-9-15(7-2)11-18-17(21)19-12(3)10-16-13(4)20-22-14(16)5/h12,15H,6-11H2,1-5H3,(H2,18,19,21). The number of hydrogen-bond acceptors (Lipinski definition) is 3. The molecule has 1 heterocycles. The minimum absolute atomic E-state index is 0.0486. The Hall–Kier alpha value is -1.52. The van der Waals surface area contributed by atoms with Gasteiger partial charge in [0.25, 0.3) is 0 Å². The number of carbonyl (C=O) groups is 1. The first-order valence-electron chi connectivity index (χ1n) is 8.43. The lowest BCUT2D eigenvalue weighted by Crippen LogP contribution is -2.43. The van der Waals surface area contributed by atoms with Crippen molar-refractivity contribution >= 4 is 6.03 Å². The van der Waals surface area contributed by atoms with Crippen molar-refractivity contribution in [2.45, 2.75) is 72.8 Å². The van der Waals surface area contributed by atoms with Crippen molar-refractivity contribution in [1.29, 1.82) is 0 Å². The summed E-state index contributed by atoms with van der Waals surface area (Å²) in [5.74, 6) is 1.40. The Balaban J connectivity index is 2.35. The van der Waals surface area contributed by atoms with Crippen LogP contribution < -0.4 is 10.6 Å². The van der Waals surface area contributed by atoms with E-state index in [2.05, 4.69) is 29.6 Å². The molecule has 0 aliphatic carbocycles. The molecule has 2 atom stereocenters. The Morgan fingerprint density at radius 3 is 2.59 bits per heavy atom. The molecule has 5 nitrogen and oxygen atoms in total. The van der Waals surface area contributed by atoms with Crippen LogP contribution in [0.25, 0.3) is 0 Å². The van der Waals surface area contributed by atoms with Crippen molar-refractivity contribution in [2.24, 2.45) is 5.92 Å². The second kappa shape index (κ2) is 9.49. The van der Waals surface area contributed by atoms with Crippen LogP contribution in [0.5, 0.6) is 0 Å². The van der Waals surface area contributed by atoms with Gasteiger partial charge < -0.3 is 15.2 Å². The van der Waals surface area contributed by atoms with Gasteiger partial charge in [0.05, 0.1) is 5.69 Å². The van der Waals surface area contributed by atoms with Crippen molar-refractivity contribution < 1.29 is 9.32 Å². The molecule has 1 aromatic heterocycles. The normalized spacial score (nSPS) is 13.7. The van der Waals surface area contributed by atoms with Gasteiger partial charge in [0.1, 0.15) is 5.76 Å². The van der Waals surface area contributed by atoms with Crippen LogP contribution in [0.4, 0.5) is 4.79 Å². The fourth-order valence-electron chi connectivity index (χ4n) is 2.61. The lowest BCUT2D eigenvalue weighted by atomic mass is 9.99. The topological polar surface area (TPSA) is 67.2 Å². The third-order valence-corrected chi connectivity index (χ3v) is 4.16. The number of amides is 2. The van der Waals surface area contributed by atoms with E-state index in [9.17, 15) is 4.79 Å². The fraction of sp³-hybridized carbons (Fsp3) is 0.765. The van der Waals surface area contributed by atoms with Gasteiger partial charge in [-0.15, -0.1) is 0 Å². The van der Waals surface area contributed by atoms with Crippen LogP contribution in [-0.4, -0.2) is 23.8 Å². The van der Waals surface area contributed by atoms with Gasteiger partial charge in [0.2, 0.25) is 0 Å². The lowest BCUT2D eigenvalue weighted by molar-refractivity contribution is 0.235. The van der Waals surface area contributed by atoms with E-state index in [1.54, 1.807) is 0 Å². The molecule has 1 rings (SSSR count). The molecule has 0 radical (unpaired) electrons. The molecule has 0 spiro atoms. The van der Waals surface area contributed by atoms with E-state index in [1.165, 1.54) is 19.3 Å². The smallest absolute Gasteiger partial charge is 0.315 e. The Morgan fingerprint density at radius 1 is 1.32 bits per heavy atom. The SMILES string of the molecule is CCCCC(CC)CNC(=O)NC(C)Cc1c(C)noc1C. The third kappa shape index (κ3) is 6.08. The zero-order valence-corrected chi connectivity index (χ0v) is 14.7. The number of nitrogens with zero attached hydrogens (tertiary/aromatic N) is 1. The van der Waals surface area contributed by atoms with Crippen molar-refractivity contribution in [3.63, 3.8) is 0 Å². The molecule has 0 bridgehead atoms.